The van der Waals surface area contributed by atoms with E-state index in [1.54, 1.807) is 24.9 Å². The maximum atomic E-state index is 12.9. The van der Waals surface area contributed by atoms with Gasteiger partial charge in [-0.25, -0.2) is 0 Å². The molecule has 0 aromatic heterocycles. The minimum absolute atomic E-state index is 0.0187. The van der Waals surface area contributed by atoms with Gasteiger partial charge in [0.25, 0.3) is 5.91 Å². The fraction of sp³-hybridized carbons (Fsp3) is 0.364. The van der Waals surface area contributed by atoms with Crippen molar-refractivity contribution in [2.75, 3.05) is 30.9 Å². The van der Waals surface area contributed by atoms with Gasteiger partial charge in [0.15, 0.2) is 0 Å². The molecule has 0 aliphatic carbocycles. The summed E-state index contributed by atoms with van der Waals surface area (Å²) in [7, 11) is 1.60. The van der Waals surface area contributed by atoms with Gasteiger partial charge in [-0.05, 0) is 55.7 Å². The molecule has 0 N–H and O–H groups in total. The third-order valence-corrected chi connectivity index (χ3v) is 7.05. The minimum atomic E-state index is -0.254. The summed E-state index contributed by atoms with van der Waals surface area (Å²) in [4.78, 5) is 29.2. The molecule has 6 heteroatoms. The molecule has 146 valence electrons. The summed E-state index contributed by atoms with van der Waals surface area (Å²) in [6.45, 7) is 3.32. The fourth-order valence-corrected chi connectivity index (χ4v) is 5.39. The zero-order valence-electron chi connectivity index (χ0n) is 16.2. The lowest BCUT2D eigenvalue weighted by Gasteiger charge is -2.44. The molecule has 2 aromatic rings. The minimum Gasteiger partial charge on any atom is -0.497 e. The lowest BCUT2D eigenvalue weighted by atomic mass is 10.00. The first-order chi connectivity index (χ1) is 13.5. The average Bonchev–Trinajstić information content (AvgIpc) is 3.03. The smallest absolute Gasteiger partial charge is 0.253 e. The molecule has 28 heavy (non-hydrogen) atoms. The van der Waals surface area contributed by atoms with Gasteiger partial charge in [-0.15, -0.1) is 11.8 Å². The van der Waals surface area contributed by atoms with Gasteiger partial charge in [0, 0.05) is 24.3 Å². The molecule has 2 fully saturated rings. The number of likely N-dealkylation sites (tertiary alicyclic amines) is 1. The van der Waals surface area contributed by atoms with Crippen molar-refractivity contribution in [1.29, 1.82) is 0 Å². The number of piperidine rings is 1. The largest absolute Gasteiger partial charge is 0.497 e. The molecule has 2 aliphatic rings. The van der Waals surface area contributed by atoms with Crippen LogP contribution in [0, 0.1) is 6.92 Å². The monoisotopic (exact) mass is 396 g/mol. The molecule has 0 unspecified atom stereocenters. The Morgan fingerprint density at radius 2 is 1.86 bits per heavy atom. The van der Waals surface area contributed by atoms with Crippen molar-refractivity contribution in [3.05, 3.63) is 59.7 Å². The van der Waals surface area contributed by atoms with Crippen LogP contribution in [0.25, 0.3) is 0 Å². The highest BCUT2D eigenvalue weighted by Crippen LogP contribution is 2.47. The van der Waals surface area contributed by atoms with Crippen LogP contribution in [0.15, 0.2) is 48.5 Å². The normalized spacial score (nSPS) is 18.6. The lowest BCUT2D eigenvalue weighted by molar-refractivity contribution is -0.116. The van der Waals surface area contributed by atoms with Crippen molar-refractivity contribution in [2.45, 2.75) is 24.6 Å². The Hall–Kier alpha value is -2.47. The van der Waals surface area contributed by atoms with Crippen LogP contribution < -0.4 is 9.64 Å². The zero-order chi connectivity index (χ0) is 19.7. The van der Waals surface area contributed by atoms with E-state index in [0.29, 0.717) is 30.2 Å². The molecule has 0 bridgehead atoms. The molecule has 4 rings (SSSR count). The SMILES string of the molecule is COc1cccc(C(=O)N2CCC3(CC2)SCC(=O)N3c2cccc(C)c2)c1. The van der Waals surface area contributed by atoms with Crippen LogP contribution in [0.3, 0.4) is 0 Å². The third kappa shape index (κ3) is 3.37. The first-order valence-electron chi connectivity index (χ1n) is 9.49. The van der Waals surface area contributed by atoms with Crippen molar-refractivity contribution >= 4 is 29.3 Å². The molecular weight excluding hydrogens is 372 g/mol. The number of benzene rings is 2. The van der Waals surface area contributed by atoms with Crippen LogP contribution >= 0.6 is 11.8 Å². The highest BCUT2D eigenvalue weighted by atomic mass is 32.2. The van der Waals surface area contributed by atoms with Crippen molar-refractivity contribution in [2.24, 2.45) is 0 Å². The Morgan fingerprint density at radius 1 is 1.11 bits per heavy atom. The number of thioether (sulfide) groups is 1. The van der Waals surface area contributed by atoms with Crippen LogP contribution in [0.2, 0.25) is 0 Å². The topological polar surface area (TPSA) is 49.9 Å². The van der Waals surface area contributed by atoms with E-state index < -0.39 is 0 Å². The maximum Gasteiger partial charge on any atom is 0.253 e. The Morgan fingerprint density at radius 3 is 2.57 bits per heavy atom. The molecule has 0 saturated carbocycles. The number of hydrogen-bond donors (Lipinski definition) is 0. The van der Waals surface area contributed by atoms with Gasteiger partial charge in [0.05, 0.1) is 17.7 Å². The number of rotatable bonds is 3. The number of carbonyl (C=O) groups is 2. The second kappa shape index (κ2) is 7.51. The van der Waals surface area contributed by atoms with Crippen LogP contribution in [0.4, 0.5) is 5.69 Å². The van der Waals surface area contributed by atoms with E-state index in [4.69, 9.17) is 4.74 Å². The quantitative estimate of drug-likeness (QED) is 0.794. The summed E-state index contributed by atoms with van der Waals surface area (Å²) in [5.74, 6) is 1.35. The predicted molar refractivity (Wildman–Crippen MR) is 112 cm³/mol. The van der Waals surface area contributed by atoms with Crippen molar-refractivity contribution < 1.29 is 14.3 Å². The number of carbonyl (C=O) groups excluding carboxylic acids is 2. The van der Waals surface area contributed by atoms with Gasteiger partial charge in [-0.2, -0.15) is 0 Å². The zero-order valence-corrected chi connectivity index (χ0v) is 17.0. The molecule has 2 amide bonds. The maximum absolute atomic E-state index is 12.9. The second-order valence-electron chi connectivity index (χ2n) is 7.33. The van der Waals surface area contributed by atoms with E-state index in [1.165, 1.54) is 0 Å². The average molecular weight is 397 g/mol. The number of nitrogens with zero attached hydrogens (tertiary/aromatic N) is 2. The van der Waals surface area contributed by atoms with Crippen molar-refractivity contribution in [3.8, 4) is 5.75 Å². The molecule has 2 aromatic carbocycles. The number of methoxy groups -OCH3 is 1. The number of amides is 2. The van der Waals surface area contributed by atoms with E-state index in [9.17, 15) is 9.59 Å². The van der Waals surface area contributed by atoms with E-state index in [0.717, 1.165) is 24.1 Å². The van der Waals surface area contributed by atoms with Gasteiger partial charge < -0.3 is 9.64 Å². The number of aryl methyl sites for hydroxylation is 1. The summed E-state index contributed by atoms with van der Waals surface area (Å²) in [6, 6.07) is 15.4. The standard InChI is InChI=1S/C22H24N2O3S/c1-16-5-3-7-18(13-16)24-20(25)15-28-22(24)9-11-23(12-10-22)21(26)17-6-4-8-19(14-17)27-2/h3-8,13-14H,9-12,15H2,1-2H3. The summed E-state index contributed by atoms with van der Waals surface area (Å²) in [5.41, 5.74) is 2.74. The summed E-state index contributed by atoms with van der Waals surface area (Å²) >= 11 is 1.72. The molecular formula is C22H24N2O3S. The first-order valence-corrected chi connectivity index (χ1v) is 10.5. The highest BCUT2D eigenvalue weighted by molar-refractivity contribution is 8.02. The molecule has 5 nitrogen and oxygen atoms in total. The highest BCUT2D eigenvalue weighted by Gasteiger charge is 2.49. The number of hydrogen-bond acceptors (Lipinski definition) is 4. The molecule has 1 spiro atoms. The Balaban J connectivity index is 1.52. The van der Waals surface area contributed by atoms with Gasteiger partial charge in [0.1, 0.15) is 5.75 Å². The van der Waals surface area contributed by atoms with E-state index in [1.807, 2.05) is 53.1 Å². The van der Waals surface area contributed by atoms with Gasteiger partial charge in [-0.3, -0.25) is 14.5 Å². The van der Waals surface area contributed by atoms with Crippen molar-refractivity contribution in [3.63, 3.8) is 0 Å². The van der Waals surface area contributed by atoms with Gasteiger partial charge in [0.2, 0.25) is 5.91 Å². The first kappa shape index (κ1) is 18.9. The lowest BCUT2D eigenvalue weighted by Crippen LogP contribution is -2.53. The molecule has 2 aliphatic heterocycles. The molecule has 0 atom stereocenters. The molecule has 2 saturated heterocycles. The molecule has 2 heterocycles. The molecule has 0 radical (unpaired) electrons. The predicted octanol–water partition coefficient (Wildman–Crippen LogP) is 3.72. The Bertz CT molecular complexity index is 906. The van der Waals surface area contributed by atoms with E-state index in [2.05, 4.69) is 6.07 Å². The number of anilines is 1. The van der Waals surface area contributed by atoms with E-state index >= 15 is 0 Å². The third-order valence-electron chi connectivity index (χ3n) is 5.53. The van der Waals surface area contributed by atoms with Crippen molar-refractivity contribution in [1.82, 2.24) is 4.90 Å². The van der Waals surface area contributed by atoms with Gasteiger partial charge in [-0.1, -0.05) is 18.2 Å². The van der Waals surface area contributed by atoms with Gasteiger partial charge >= 0.3 is 0 Å². The summed E-state index contributed by atoms with van der Waals surface area (Å²) in [5, 5.41) is 0. The second-order valence-corrected chi connectivity index (χ2v) is 8.66. The Labute approximate surface area is 169 Å². The van der Waals surface area contributed by atoms with E-state index in [-0.39, 0.29) is 16.7 Å². The summed E-state index contributed by atoms with van der Waals surface area (Å²) in [6.07, 6.45) is 1.54. The van der Waals surface area contributed by atoms with Crippen LogP contribution in [-0.2, 0) is 4.79 Å². The number of ether oxygens (including phenoxy) is 1. The summed E-state index contributed by atoms with van der Waals surface area (Å²) < 4.78 is 5.23. The Kier molecular flexibility index (Phi) is 5.06. The fourth-order valence-electron chi connectivity index (χ4n) is 4.06. The van der Waals surface area contributed by atoms with Crippen LogP contribution in [-0.4, -0.2) is 47.5 Å². The van der Waals surface area contributed by atoms with Crippen LogP contribution in [0.1, 0.15) is 28.8 Å². The van der Waals surface area contributed by atoms with Crippen LogP contribution in [0.5, 0.6) is 5.75 Å².